The van der Waals surface area contributed by atoms with E-state index in [1.165, 1.54) is 12.8 Å². The first kappa shape index (κ1) is 16.4. The Bertz CT molecular complexity index is 262. The largest absolute Gasteiger partial charge is 0.352 e. The molecule has 4 nitrogen and oxygen atoms in total. The number of nitrogens with one attached hydrogen (secondary N) is 2. The van der Waals surface area contributed by atoms with Crippen molar-refractivity contribution in [1.29, 1.82) is 0 Å². The van der Waals surface area contributed by atoms with Gasteiger partial charge in [-0.3, -0.25) is 9.69 Å². The van der Waals surface area contributed by atoms with E-state index in [0.717, 1.165) is 32.1 Å². The van der Waals surface area contributed by atoms with E-state index in [2.05, 4.69) is 43.2 Å². The fourth-order valence-electron chi connectivity index (χ4n) is 2.40. The monoisotopic (exact) mass is 269 g/mol. The highest BCUT2D eigenvalue weighted by molar-refractivity contribution is 5.78. The average molecular weight is 269 g/mol. The molecule has 0 radical (unpaired) electrons. The minimum atomic E-state index is 0.164. The molecule has 2 N–H and O–H groups in total. The van der Waals surface area contributed by atoms with Gasteiger partial charge in [0.25, 0.3) is 0 Å². The lowest BCUT2D eigenvalue weighted by Crippen LogP contribution is -2.44. The number of carbonyl (C=O) groups excluding carboxylic acids is 1. The van der Waals surface area contributed by atoms with E-state index >= 15 is 0 Å². The second-order valence-electron chi connectivity index (χ2n) is 6.12. The molecule has 1 aliphatic rings. The molecule has 0 aromatic carbocycles. The maximum Gasteiger partial charge on any atom is 0.234 e. The van der Waals surface area contributed by atoms with Gasteiger partial charge >= 0.3 is 0 Å². The van der Waals surface area contributed by atoms with Gasteiger partial charge in [-0.05, 0) is 51.2 Å². The molecule has 0 aliphatic carbocycles. The summed E-state index contributed by atoms with van der Waals surface area (Å²) in [6, 6.07) is 0.255. The zero-order valence-corrected chi connectivity index (χ0v) is 13.0. The number of amides is 1. The predicted octanol–water partition coefficient (Wildman–Crippen LogP) is 1.47. The molecule has 0 spiro atoms. The Labute approximate surface area is 118 Å². The van der Waals surface area contributed by atoms with Crippen LogP contribution in [-0.4, -0.2) is 49.6 Å². The van der Waals surface area contributed by atoms with Gasteiger partial charge < -0.3 is 10.6 Å². The van der Waals surface area contributed by atoms with Crippen LogP contribution < -0.4 is 10.6 Å². The van der Waals surface area contributed by atoms with Gasteiger partial charge in [0, 0.05) is 12.6 Å². The summed E-state index contributed by atoms with van der Waals surface area (Å²) in [7, 11) is 0. The molecule has 1 heterocycles. The normalized spacial score (nSPS) is 18.8. The van der Waals surface area contributed by atoms with E-state index in [1.54, 1.807) is 0 Å². The molecule has 0 aromatic heterocycles. The minimum absolute atomic E-state index is 0.164. The van der Waals surface area contributed by atoms with Gasteiger partial charge in [0.1, 0.15) is 0 Å². The number of hydrogen-bond donors (Lipinski definition) is 2. The third-order valence-electron chi connectivity index (χ3n) is 4.18. The Morgan fingerprint density at radius 3 is 2.47 bits per heavy atom. The molecular formula is C15H31N3O. The first-order chi connectivity index (χ1) is 9.02. The first-order valence-corrected chi connectivity index (χ1v) is 7.75. The number of hydrogen-bond acceptors (Lipinski definition) is 3. The third-order valence-corrected chi connectivity index (χ3v) is 4.18. The molecule has 0 saturated carbocycles. The van der Waals surface area contributed by atoms with Gasteiger partial charge in [0.15, 0.2) is 0 Å². The summed E-state index contributed by atoms with van der Waals surface area (Å²) in [6.07, 6.45) is 2.47. The molecule has 19 heavy (non-hydrogen) atoms. The van der Waals surface area contributed by atoms with Crippen molar-refractivity contribution in [3.05, 3.63) is 0 Å². The van der Waals surface area contributed by atoms with Crippen LogP contribution in [0.25, 0.3) is 0 Å². The van der Waals surface area contributed by atoms with Crippen LogP contribution >= 0.6 is 0 Å². The van der Waals surface area contributed by atoms with Gasteiger partial charge in [-0.1, -0.05) is 20.8 Å². The topological polar surface area (TPSA) is 44.4 Å². The highest BCUT2D eigenvalue weighted by Crippen LogP contribution is 2.13. The minimum Gasteiger partial charge on any atom is -0.352 e. The molecule has 4 heteroatoms. The Balaban J connectivity index is 2.32. The van der Waals surface area contributed by atoms with Crippen molar-refractivity contribution in [1.82, 2.24) is 15.5 Å². The summed E-state index contributed by atoms with van der Waals surface area (Å²) in [4.78, 5) is 14.3. The third kappa shape index (κ3) is 6.39. The van der Waals surface area contributed by atoms with Gasteiger partial charge in [-0.15, -0.1) is 0 Å². The lowest BCUT2D eigenvalue weighted by Gasteiger charge is -2.29. The lowest BCUT2D eigenvalue weighted by atomic mass is 9.97. The predicted molar refractivity (Wildman–Crippen MR) is 80.2 cm³/mol. The van der Waals surface area contributed by atoms with Gasteiger partial charge in [-0.2, -0.15) is 0 Å². The highest BCUT2D eigenvalue weighted by Gasteiger charge is 2.19. The summed E-state index contributed by atoms with van der Waals surface area (Å²) >= 11 is 0. The van der Waals surface area contributed by atoms with Crippen molar-refractivity contribution in [2.75, 3.05) is 32.7 Å². The van der Waals surface area contributed by atoms with Gasteiger partial charge in [0.05, 0.1) is 6.54 Å². The maximum absolute atomic E-state index is 12.0. The SMILES string of the molecule is CCN(CC(=O)NC(C)C(C)C)CC1CCNCC1. The van der Waals surface area contributed by atoms with Crippen LogP contribution in [0.2, 0.25) is 0 Å². The molecule has 1 fully saturated rings. The van der Waals surface area contributed by atoms with E-state index in [4.69, 9.17) is 0 Å². The average Bonchev–Trinajstić information content (AvgIpc) is 2.38. The molecule has 0 aromatic rings. The van der Waals surface area contributed by atoms with Gasteiger partial charge in [0.2, 0.25) is 5.91 Å². The number of likely N-dealkylation sites (N-methyl/N-ethyl adjacent to an activating group) is 1. The molecule has 1 atom stereocenters. The van der Waals surface area contributed by atoms with Crippen molar-refractivity contribution in [3.8, 4) is 0 Å². The number of nitrogens with zero attached hydrogens (tertiary/aromatic N) is 1. The van der Waals surface area contributed by atoms with E-state index in [0.29, 0.717) is 12.5 Å². The zero-order valence-electron chi connectivity index (χ0n) is 13.0. The Morgan fingerprint density at radius 1 is 1.32 bits per heavy atom. The molecule has 0 bridgehead atoms. The summed E-state index contributed by atoms with van der Waals surface area (Å²) in [5, 5.41) is 6.48. The molecule has 1 unspecified atom stereocenters. The van der Waals surface area contributed by atoms with Crippen molar-refractivity contribution in [2.45, 2.75) is 46.6 Å². The second kappa shape index (κ2) is 8.54. The first-order valence-electron chi connectivity index (χ1n) is 7.75. The lowest BCUT2D eigenvalue weighted by molar-refractivity contribution is -0.123. The quantitative estimate of drug-likeness (QED) is 0.735. The molecular weight excluding hydrogens is 238 g/mol. The van der Waals surface area contributed by atoms with E-state index in [-0.39, 0.29) is 11.9 Å². The van der Waals surface area contributed by atoms with Crippen LogP contribution in [-0.2, 0) is 4.79 Å². The van der Waals surface area contributed by atoms with Crippen LogP contribution in [0.4, 0.5) is 0 Å². The van der Waals surface area contributed by atoms with Crippen molar-refractivity contribution < 1.29 is 4.79 Å². The van der Waals surface area contributed by atoms with E-state index in [1.807, 2.05) is 0 Å². The molecule has 1 amide bonds. The summed E-state index contributed by atoms with van der Waals surface area (Å²) in [5.41, 5.74) is 0. The summed E-state index contributed by atoms with van der Waals surface area (Å²) < 4.78 is 0. The van der Waals surface area contributed by atoms with E-state index in [9.17, 15) is 4.79 Å². The second-order valence-corrected chi connectivity index (χ2v) is 6.12. The van der Waals surface area contributed by atoms with Crippen LogP contribution in [0.1, 0.15) is 40.5 Å². The number of piperidine rings is 1. The Hall–Kier alpha value is -0.610. The smallest absolute Gasteiger partial charge is 0.234 e. The van der Waals surface area contributed by atoms with Gasteiger partial charge in [-0.25, -0.2) is 0 Å². The van der Waals surface area contributed by atoms with Crippen LogP contribution in [0.5, 0.6) is 0 Å². The molecule has 112 valence electrons. The van der Waals surface area contributed by atoms with Crippen LogP contribution in [0, 0.1) is 11.8 Å². The standard InChI is InChI=1S/C15H31N3O/c1-5-18(10-14-6-8-16-9-7-14)11-15(19)17-13(4)12(2)3/h12-14,16H,5-11H2,1-4H3,(H,17,19). The van der Waals surface area contributed by atoms with Crippen molar-refractivity contribution in [3.63, 3.8) is 0 Å². The molecule has 1 aliphatic heterocycles. The molecule has 1 saturated heterocycles. The fraction of sp³-hybridized carbons (Fsp3) is 0.933. The Morgan fingerprint density at radius 2 is 1.95 bits per heavy atom. The summed E-state index contributed by atoms with van der Waals surface area (Å²) in [5.74, 6) is 1.40. The summed E-state index contributed by atoms with van der Waals surface area (Å²) in [6.45, 7) is 13.3. The number of rotatable bonds is 7. The number of carbonyl (C=O) groups is 1. The maximum atomic E-state index is 12.0. The van der Waals surface area contributed by atoms with E-state index < -0.39 is 0 Å². The molecule has 1 rings (SSSR count). The van der Waals surface area contributed by atoms with Crippen molar-refractivity contribution in [2.24, 2.45) is 11.8 Å². The van der Waals surface area contributed by atoms with Crippen LogP contribution in [0.3, 0.4) is 0 Å². The Kier molecular flexibility index (Phi) is 7.39. The highest BCUT2D eigenvalue weighted by atomic mass is 16.2. The fourth-order valence-corrected chi connectivity index (χ4v) is 2.40. The zero-order chi connectivity index (χ0) is 14.3. The van der Waals surface area contributed by atoms with Crippen molar-refractivity contribution >= 4 is 5.91 Å². The van der Waals surface area contributed by atoms with Crippen LogP contribution in [0.15, 0.2) is 0 Å².